The summed E-state index contributed by atoms with van der Waals surface area (Å²) in [6.45, 7) is 0. The van der Waals surface area contributed by atoms with Crippen LogP contribution in [0.1, 0.15) is 0 Å². The van der Waals surface area contributed by atoms with E-state index < -0.39 is 0 Å². The molecule has 2 aromatic heterocycles. The van der Waals surface area contributed by atoms with Crippen LogP contribution in [0.3, 0.4) is 0 Å². The van der Waals surface area contributed by atoms with Gasteiger partial charge in [-0.15, -0.1) is 0 Å². The van der Waals surface area contributed by atoms with Crippen LogP contribution in [0.15, 0.2) is 0 Å². The van der Waals surface area contributed by atoms with Crippen LogP contribution in [0.4, 0.5) is 0 Å². The van der Waals surface area contributed by atoms with Crippen LogP contribution in [-0.2, 0) is 0 Å². The van der Waals surface area contributed by atoms with Crippen molar-refractivity contribution >= 4 is 61.6 Å². The molecule has 2 heterocycles. The van der Waals surface area contributed by atoms with Gasteiger partial charge in [-0.2, -0.15) is 0 Å². The van der Waals surface area contributed by atoms with Crippen LogP contribution in [0.25, 0.3) is 0 Å². The summed E-state index contributed by atoms with van der Waals surface area (Å²) in [6, 6.07) is 0. The zero-order valence-corrected chi connectivity index (χ0v) is 14.5. The molecule has 0 saturated carbocycles. The Morgan fingerprint density at radius 2 is 1.27 bits per heavy atom. The average Bonchev–Trinajstić information content (AvgIpc) is 2.60. The fourth-order valence-corrected chi connectivity index (χ4v) is 218. The molecule has 0 radical (unpaired) electrons. The normalized spacial score (nSPS) is 18.0. The van der Waals surface area contributed by atoms with E-state index in [1.54, 1.807) is 0 Å². The molecular formula is C2H6O2P4Se3. The van der Waals surface area contributed by atoms with Crippen LogP contribution in [0.2, 0.25) is 0 Å². The second-order valence-electron chi connectivity index (χ2n) is 1.56. The number of rotatable bonds is 2. The molecule has 0 spiro atoms. The standard InChI is InChI=1S/C2H6O2P4Se3/c1-3-5-7-10-6(4-2)8(9-5)11-7/h1-2H3. The summed E-state index contributed by atoms with van der Waals surface area (Å²) in [5.74, 6) is 0. The monoisotopic (exact) mass is 426 g/mol. The Labute approximate surface area is 84.1 Å². The molecule has 4 atom stereocenters. The second kappa shape index (κ2) is 4.47. The molecule has 2 bridgehead atoms. The maximum atomic E-state index is 5.56. The Kier molecular flexibility index (Phi) is 4.14. The molecule has 0 aliphatic heterocycles. The Bertz CT molecular complexity index is 329. The SMILES string of the molecule is COp1[se]p2[se]p1[se]p2OC. The van der Waals surface area contributed by atoms with Gasteiger partial charge in [0, 0.05) is 0 Å². The predicted molar refractivity (Wildman–Crippen MR) is 59.2 cm³/mol. The van der Waals surface area contributed by atoms with E-state index in [1.165, 1.54) is 0 Å². The fraction of sp³-hybridized carbons (Fsp3) is 1.00. The molecule has 2 rings (SSSR count). The predicted octanol–water partition coefficient (Wildman–Crippen LogP) is 1.79. The van der Waals surface area contributed by atoms with Gasteiger partial charge in [0.1, 0.15) is 0 Å². The van der Waals surface area contributed by atoms with Crippen molar-refractivity contribution in [3.63, 3.8) is 0 Å². The van der Waals surface area contributed by atoms with Crippen molar-refractivity contribution in [3.8, 4) is 0 Å². The third-order valence-corrected chi connectivity index (χ3v) is 109. The molecule has 0 amide bonds. The van der Waals surface area contributed by atoms with Crippen molar-refractivity contribution in [3.05, 3.63) is 0 Å². The first kappa shape index (κ1) is 10.2. The van der Waals surface area contributed by atoms with Crippen molar-refractivity contribution in [2.45, 2.75) is 0 Å². The first-order chi connectivity index (χ1) is 5.35. The van der Waals surface area contributed by atoms with E-state index in [1.807, 2.05) is 14.2 Å². The Balaban J connectivity index is 2.56. The summed E-state index contributed by atoms with van der Waals surface area (Å²) in [5.41, 5.74) is 0. The third kappa shape index (κ3) is 2.03. The molecule has 0 aliphatic carbocycles. The van der Waals surface area contributed by atoms with Gasteiger partial charge in [-0.05, 0) is 0 Å². The van der Waals surface area contributed by atoms with Gasteiger partial charge in [0.25, 0.3) is 0 Å². The van der Waals surface area contributed by atoms with Gasteiger partial charge in [-0.3, -0.25) is 0 Å². The zero-order valence-electron chi connectivity index (χ0n) is 5.83. The molecule has 64 valence electrons. The third-order valence-electron chi connectivity index (χ3n) is 0.998. The molecule has 0 saturated heterocycles. The van der Waals surface area contributed by atoms with Crippen molar-refractivity contribution in [2.24, 2.45) is 0 Å². The summed E-state index contributed by atoms with van der Waals surface area (Å²) in [5, 5.41) is 0. The van der Waals surface area contributed by atoms with Crippen molar-refractivity contribution in [1.29, 1.82) is 0 Å². The first-order valence-electron chi connectivity index (χ1n) is 2.68. The second-order valence-corrected chi connectivity index (χ2v) is 51.3. The molecule has 0 N–H and O–H groups in total. The van der Waals surface area contributed by atoms with Crippen molar-refractivity contribution < 1.29 is 9.05 Å². The zero-order chi connectivity index (χ0) is 7.84. The molecule has 4 unspecified atom stereocenters. The Morgan fingerprint density at radius 3 is 1.55 bits per heavy atom. The van der Waals surface area contributed by atoms with Gasteiger partial charge in [0.2, 0.25) is 0 Å². The van der Waals surface area contributed by atoms with E-state index in [2.05, 4.69) is 0 Å². The van der Waals surface area contributed by atoms with Gasteiger partial charge in [0.15, 0.2) is 0 Å². The van der Waals surface area contributed by atoms with E-state index in [4.69, 9.17) is 9.05 Å². The van der Waals surface area contributed by atoms with Crippen LogP contribution in [-0.4, -0.2) is 55.0 Å². The average molecular weight is 423 g/mol. The molecule has 0 aliphatic rings. The maximum absolute atomic E-state index is 5.56. The van der Waals surface area contributed by atoms with Crippen LogP contribution in [0, 0.1) is 0 Å². The van der Waals surface area contributed by atoms with Gasteiger partial charge in [-0.25, -0.2) is 0 Å². The molecule has 9 heteroatoms. The summed E-state index contributed by atoms with van der Waals surface area (Å²) in [7, 11) is 3.85. The van der Waals surface area contributed by atoms with Crippen LogP contribution >= 0.6 is 20.9 Å². The minimum absolute atomic E-state index is 0.159. The summed E-state index contributed by atoms with van der Waals surface area (Å²) < 4.78 is 12.0. The van der Waals surface area contributed by atoms with E-state index in [9.17, 15) is 0 Å². The topological polar surface area (TPSA) is 18.5 Å². The molecule has 0 fully saturated rings. The molecule has 0 aromatic carbocycles. The van der Waals surface area contributed by atoms with Crippen LogP contribution in [0.5, 0.6) is 0 Å². The van der Waals surface area contributed by atoms with Crippen LogP contribution < -0.4 is 9.05 Å². The Hall–Kier alpha value is 2.68. The first-order valence-corrected chi connectivity index (χ1v) is 22.6. The molecule has 11 heavy (non-hydrogen) atoms. The van der Waals surface area contributed by atoms with Crippen molar-refractivity contribution in [1.82, 2.24) is 0 Å². The van der Waals surface area contributed by atoms with E-state index in [0.717, 1.165) is 40.8 Å². The molecule has 2 nitrogen and oxygen atoms in total. The molecular weight excluding hydrogens is 417 g/mol. The van der Waals surface area contributed by atoms with Gasteiger partial charge >= 0.3 is 84.9 Å². The number of fused-ring (bicyclic) bond motifs is 2. The van der Waals surface area contributed by atoms with Crippen molar-refractivity contribution in [2.75, 3.05) is 14.2 Å². The van der Waals surface area contributed by atoms with Gasteiger partial charge in [-0.1, -0.05) is 0 Å². The molecule has 2 aromatic rings. The van der Waals surface area contributed by atoms with Gasteiger partial charge < -0.3 is 0 Å². The summed E-state index contributed by atoms with van der Waals surface area (Å²) in [6.07, 6.45) is 0.318. The van der Waals surface area contributed by atoms with E-state index in [0.29, 0.717) is 8.67 Å². The summed E-state index contributed by atoms with van der Waals surface area (Å²) >= 11 is 2.85. The van der Waals surface area contributed by atoms with E-state index >= 15 is 0 Å². The summed E-state index contributed by atoms with van der Waals surface area (Å²) in [4.78, 5) is 0. The quantitative estimate of drug-likeness (QED) is 0.687. The van der Waals surface area contributed by atoms with Gasteiger partial charge in [0.05, 0.1) is 0 Å². The number of hydrogen-bond donors (Lipinski definition) is 0. The van der Waals surface area contributed by atoms with E-state index in [-0.39, 0.29) is 12.2 Å². The Morgan fingerprint density at radius 1 is 0.818 bits per heavy atom. The minimum atomic E-state index is 0.159. The fourth-order valence-electron chi connectivity index (χ4n) is 0.588. The number of hydrogen-bond acceptors (Lipinski definition) is 2.